The van der Waals surface area contributed by atoms with Crippen LogP contribution in [-0.4, -0.2) is 26.2 Å². The van der Waals surface area contributed by atoms with Gasteiger partial charge in [-0.1, -0.05) is 42.2 Å². The fourth-order valence-electron chi connectivity index (χ4n) is 2.47. The second-order valence-electron chi connectivity index (χ2n) is 5.58. The van der Waals surface area contributed by atoms with Crippen LogP contribution in [-0.2, 0) is 0 Å². The summed E-state index contributed by atoms with van der Waals surface area (Å²) in [5.41, 5.74) is 1.61. The molecule has 5 nitrogen and oxygen atoms in total. The standard InChI is InChI=1S/C21H19NO4/c1-15-8-3-4-10-17(15)25-13-6-5-12-22-21(23)19-14-16-9-7-11-18(24-2)20(16)26-19/h3-4,7-11,14H,12-13H2,1-2H3,(H,22,23). The second kappa shape index (κ2) is 8.13. The van der Waals surface area contributed by atoms with Crippen molar-refractivity contribution in [2.45, 2.75) is 6.92 Å². The number of para-hydroxylation sites is 2. The molecule has 0 saturated carbocycles. The summed E-state index contributed by atoms with van der Waals surface area (Å²) in [7, 11) is 1.56. The van der Waals surface area contributed by atoms with Gasteiger partial charge in [-0.2, -0.15) is 0 Å². The fourth-order valence-corrected chi connectivity index (χ4v) is 2.47. The van der Waals surface area contributed by atoms with Gasteiger partial charge in [0.1, 0.15) is 12.4 Å². The first-order valence-corrected chi connectivity index (χ1v) is 8.18. The van der Waals surface area contributed by atoms with Gasteiger partial charge in [-0.25, -0.2) is 0 Å². The van der Waals surface area contributed by atoms with Gasteiger partial charge in [0.25, 0.3) is 5.91 Å². The Labute approximate surface area is 151 Å². The number of rotatable bonds is 5. The van der Waals surface area contributed by atoms with Gasteiger partial charge < -0.3 is 19.2 Å². The van der Waals surface area contributed by atoms with E-state index in [1.807, 2.05) is 43.3 Å². The number of furan rings is 1. The Balaban J connectivity index is 1.53. The summed E-state index contributed by atoms with van der Waals surface area (Å²) < 4.78 is 16.4. The van der Waals surface area contributed by atoms with Crippen LogP contribution in [0.2, 0.25) is 0 Å². The van der Waals surface area contributed by atoms with Crippen molar-refractivity contribution in [3.8, 4) is 23.3 Å². The van der Waals surface area contributed by atoms with Gasteiger partial charge in [-0.05, 0) is 30.7 Å². The normalized spacial score (nSPS) is 10.1. The Morgan fingerprint density at radius 1 is 1.12 bits per heavy atom. The van der Waals surface area contributed by atoms with E-state index < -0.39 is 0 Å². The van der Waals surface area contributed by atoms with E-state index >= 15 is 0 Å². The van der Waals surface area contributed by atoms with E-state index in [0.717, 1.165) is 16.7 Å². The third-order valence-electron chi connectivity index (χ3n) is 3.81. The molecule has 0 spiro atoms. The number of amides is 1. The van der Waals surface area contributed by atoms with E-state index in [1.54, 1.807) is 19.2 Å². The number of ether oxygens (including phenoxy) is 2. The van der Waals surface area contributed by atoms with Crippen molar-refractivity contribution in [1.82, 2.24) is 5.32 Å². The van der Waals surface area contributed by atoms with Crippen LogP contribution in [0.3, 0.4) is 0 Å². The molecular weight excluding hydrogens is 330 g/mol. The second-order valence-corrected chi connectivity index (χ2v) is 5.58. The lowest BCUT2D eigenvalue weighted by Gasteiger charge is -2.04. The fraction of sp³-hybridized carbons (Fsp3) is 0.190. The van der Waals surface area contributed by atoms with E-state index in [2.05, 4.69) is 17.2 Å². The summed E-state index contributed by atoms with van der Waals surface area (Å²) in [5, 5.41) is 3.52. The molecule has 1 amide bonds. The van der Waals surface area contributed by atoms with Crippen molar-refractivity contribution in [1.29, 1.82) is 0 Å². The summed E-state index contributed by atoms with van der Waals surface area (Å²) in [6.45, 7) is 2.46. The average molecular weight is 349 g/mol. The molecular formula is C21H19NO4. The minimum atomic E-state index is -0.322. The van der Waals surface area contributed by atoms with Crippen LogP contribution in [0.4, 0.5) is 0 Å². The Morgan fingerprint density at radius 3 is 2.73 bits per heavy atom. The maximum atomic E-state index is 12.2. The zero-order valence-electron chi connectivity index (χ0n) is 14.7. The van der Waals surface area contributed by atoms with Crippen LogP contribution in [0.15, 0.2) is 52.9 Å². The summed E-state index contributed by atoms with van der Waals surface area (Å²) in [5.74, 6) is 7.04. The quantitative estimate of drug-likeness (QED) is 0.716. The highest BCUT2D eigenvalue weighted by Crippen LogP contribution is 2.28. The van der Waals surface area contributed by atoms with Gasteiger partial charge in [0.15, 0.2) is 17.1 Å². The zero-order valence-corrected chi connectivity index (χ0v) is 14.7. The molecule has 0 aliphatic carbocycles. The van der Waals surface area contributed by atoms with Crippen molar-refractivity contribution in [2.24, 2.45) is 0 Å². The number of carbonyl (C=O) groups is 1. The van der Waals surface area contributed by atoms with Crippen LogP contribution in [0.1, 0.15) is 16.1 Å². The lowest BCUT2D eigenvalue weighted by molar-refractivity contribution is 0.0933. The summed E-state index contributed by atoms with van der Waals surface area (Å²) in [6, 6.07) is 14.9. The maximum Gasteiger partial charge on any atom is 0.287 e. The number of carbonyl (C=O) groups excluding carboxylic acids is 1. The molecule has 0 aliphatic heterocycles. The van der Waals surface area contributed by atoms with Crippen LogP contribution < -0.4 is 14.8 Å². The molecule has 1 heterocycles. The number of hydrogen-bond acceptors (Lipinski definition) is 4. The Morgan fingerprint density at radius 2 is 1.92 bits per heavy atom. The third kappa shape index (κ3) is 3.98. The highest BCUT2D eigenvalue weighted by atomic mass is 16.5. The molecule has 5 heteroatoms. The highest BCUT2D eigenvalue weighted by molar-refractivity contribution is 5.97. The summed E-state index contributed by atoms with van der Waals surface area (Å²) in [6.07, 6.45) is 0. The molecule has 1 N–H and O–H groups in total. The van der Waals surface area contributed by atoms with Crippen molar-refractivity contribution < 1.29 is 18.7 Å². The molecule has 132 valence electrons. The number of methoxy groups -OCH3 is 1. The van der Waals surface area contributed by atoms with Crippen molar-refractivity contribution in [3.63, 3.8) is 0 Å². The first-order chi connectivity index (χ1) is 12.7. The lowest BCUT2D eigenvalue weighted by atomic mass is 10.2. The average Bonchev–Trinajstić information content (AvgIpc) is 3.10. The molecule has 1 aromatic heterocycles. The van der Waals surface area contributed by atoms with Gasteiger partial charge in [0.05, 0.1) is 13.7 Å². The summed E-state index contributed by atoms with van der Waals surface area (Å²) >= 11 is 0. The van der Waals surface area contributed by atoms with Gasteiger partial charge >= 0.3 is 0 Å². The van der Waals surface area contributed by atoms with E-state index in [1.165, 1.54) is 0 Å². The molecule has 3 aromatic rings. The molecule has 2 aromatic carbocycles. The zero-order chi connectivity index (χ0) is 18.4. The third-order valence-corrected chi connectivity index (χ3v) is 3.81. The molecule has 0 unspecified atom stereocenters. The van der Waals surface area contributed by atoms with Crippen molar-refractivity contribution >= 4 is 16.9 Å². The number of nitrogens with one attached hydrogen (secondary N) is 1. The van der Waals surface area contributed by atoms with E-state index in [-0.39, 0.29) is 24.8 Å². The predicted octanol–water partition coefficient (Wildman–Crippen LogP) is 3.56. The van der Waals surface area contributed by atoms with E-state index in [4.69, 9.17) is 13.9 Å². The number of aryl methyl sites for hydroxylation is 1. The lowest BCUT2D eigenvalue weighted by Crippen LogP contribution is -2.23. The highest BCUT2D eigenvalue weighted by Gasteiger charge is 2.13. The first kappa shape index (κ1) is 17.4. The van der Waals surface area contributed by atoms with Crippen molar-refractivity contribution in [2.75, 3.05) is 20.3 Å². The van der Waals surface area contributed by atoms with Crippen LogP contribution in [0, 0.1) is 18.8 Å². The Hall–Kier alpha value is -3.39. The SMILES string of the molecule is COc1cccc2cc(C(=O)NCC#CCOc3ccccc3C)oc12. The van der Waals surface area contributed by atoms with E-state index in [0.29, 0.717) is 11.3 Å². The van der Waals surface area contributed by atoms with E-state index in [9.17, 15) is 4.79 Å². The van der Waals surface area contributed by atoms with Gasteiger partial charge in [0.2, 0.25) is 0 Å². The smallest absolute Gasteiger partial charge is 0.287 e. The van der Waals surface area contributed by atoms with Crippen molar-refractivity contribution in [3.05, 3.63) is 59.9 Å². The number of fused-ring (bicyclic) bond motifs is 1. The molecule has 0 fully saturated rings. The van der Waals surface area contributed by atoms with Gasteiger partial charge in [-0.15, -0.1) is 0 Å². The molecule has 0 saturated heterocycles. The van der Waals surface area contributed by atoms with Gasteiger partial charge in [-0.3, -0.25) is 4.79 Å². The minimum absolute atomic E-state index is 0.212. The van der Waals surface area contributed by atoms with Crippen LogP contribution in [0.5, 0.6) is 11.5 Å². The molecule has 0 aliphatic rings. The number of benzene rings is 2. The predicted molar refractivity (Wildman–Crippen MR) is 99.5 cm³/mol. The largest absolute Gasteiger partial charge is 0.493 e. The summed E-state index contributed by atoms with van der Waals surface area (Å²) in [4.78, 5) is 12.2. The van der Waals surface area contributed by atoms with Crippen LogP contribution in [0.25, 0.3) is 11.0 Å². The number of hydrogen-bond donors (Lipinski definition) is 1. The first-order valence-electron chi connectivity index (χ1n) is 8.18. The monoisotopic (exact) mass is 349 g/mol. The van der Waals surface area contributed by atoms with Crippen LogP contribution >= 0.6 is 0 Å². The maximum absolute atomic E-state index is 12.2. The molecule has 0 atom stereocenters. The minimum Gasteiger partial charge on any atom is -0.493 e. The van der Waals surface area contributed by atoms with Gasteiger partial charge in [0, 0.05) is 5.39 Å². The topological polar surface area (TPSA) is 60.7 Å². The Bertz CT molecular complexity index is 978. The molecule has 3 rings (SSSR count). The molecule has 0 bridgehead atoms. The molecule has 0 radical (unpaired) electrons. The molecule has 26 heavy (non-hydrogen) atoms. The Kier molecular flexibility index (Phi) is 5.45.